The Morgan fingerprint density at radius 2 is 1.93 bits per heavy atom. The van der Waals surface area contributed by atoms with Crippen LogP contribution in [0.2, 0.25) is 0 Å². The third-order valence-corrected chi connectivity index (χ3v) is 4.74. The number of amides is 1. The summed E-state index contributed by atoms with van der Waals surface area (Å²) in [5.41, 5.74) is 0.166. The van der Waals surface area contributed by atoms with E-state index in [9.17, 15) is 18.8 Å². The van der Waals surface area contributed by atoms with Gasteiger partial charge in [0.05, 0.1) is 0 Å². The summed E-state index contributed by atoms with van der Waals surface area (Å²) in [5, 5.41) is 13.8. The molecule has 0 aromatic heterocycles. The van der Waals surface area contributed by atoms with Crippen LogP contribution in [0.15, 0.2) is 42.0 Å². The minimum absolute atomic E-state index is 0.0484. The molecule has 3 rings (SSSR count). The van der Waals surface area contributed by atoms with Gasteiger partial charge >= 0.3 is 6.61 Å². The molecule has 1 N–H and O–H groups in total. The van der Waals surface area contributed by atoms with Gasteiger partial charge in [-0.2, -0.15) is 14.0 Å². The van der Waals surface area contributed by atoms with Crippen LogP contribution in [-0.4, -0.2) is 18.6 Å². The van der Waals surface area contributed by atoms with Gasteiger partial charge < -0.3 is 10.1 Å². The van der Waals surface area contributed by atoms with Crippen molar-refractivity contribution in [3.05, 3.63) is 47.5 Å². The lowest BCUT2D eigenvalue weighted by Crippen LogP contribution is -2.36. The molecule has 2 aromatic carbocycles. The molecule has 0 bridgehead atoms. The molecule has 0 saturated heterocycles. The second-order valence-electron chi connectivity index (χ2n) is 6.56. The van der Waals surface area contributed by atoms with Crippen molar-refractivity contribution in [1.29, 1.82) is 5.26 Å². The molecule has 0 heterocycles. The molecule has 1 fully saturated rings. The van der Waals surface area contributed by atoms with Crippen LogP contribution < -0.4 is 10.1 Å². The number of halogens is 2. The third-order valence-electron chi connectivity index (χ3n) is 4.74. The SMILES string of the molecule is N#C/C(=C\c1c(OC(F)F)ccc2ccccc12)C(=O)NC1CCCCC1. The Bertz CT molecular complexity index is 897. The van der Waals surface area contributed by atoms with E-state index in [0.29, 0.717) is 10.9 Å². The minimum atomic E-state index is -3.00. The second-order valence-corrected chi connectivity index (χ2v) is 6.56. The Hall–Kier alpha value is -2.94. The van der Waals surface area contributed by atoms with Gasteiger partial charge in [0.15, 0.2) is 0 Å². The maximum absolute atomic E-state index is 12.8. The number of nitriles is 1. The Morgan fingerprint density at radius 1 is 1.19 bits per heavy atom. The molecule has 0 aliphatic heterocycles. The number of fused-ring (bicyclic) bond motifs is 1. The van der Waals surface area contributed by atoms with Gasteiger partial charge in [-0.15, -0.1) is 0 Å². The first-order chi connectivity index (χ1) is 13.1. The maximum atomic E-state index is 12.8. The average Bonchev–Trinajstić information content (AvgIpc) is 2.67. The van der Waals surface area contributed by atoms with E-state index in [4.69, 9.17) is 0 Å². The fourth-order valence-corrected chi connectivity index (χ4v) is 3.43. The van der Waals surface area contributed by atoms with Crippen LogP contribution in [0.3, 0.4) is 0 Å². The fourth-order valence-electron chi connectivity index (χ4n) is 3.43. The zero-order valence-corrected chi connectivity index (χ0v) is 14.8. The normalized spacial score (nSPS) is 15.6. The smallest absolute Gasteiger partial charge is 0.387 e. The van der Waals surface area contributed by atoms with E-state index in [1.165, 1.54) is 12.1 Å². The van der Waals surface area contributed by atoms with Crippen LogP contribution >= 0.6 is 0 Å². The summed E-state index contributed by atoms with van der Waals surface area (Å²) in [5.74, 6) is -0.553. The van der Waals surface area contributed by atoms with Crippen molar-refractivity contribution in [3.8, 4) is 11.8 Å². The molecule has 140 valence electrons. The lowest BCUT2D eigenvalue weighted by atomic mass is 9.95. The Labute approximate surface area is 156 Å². The molecular formula is C21H20F2N2O2. The van der Waals surface area contributed by atoms with Gasteiger partial charge in [0.2, 0.25) is 0 Å². The zero-order chi connectivity index (χ0) is 19.2. The van der Waals surface area contributed by atoms with Crippen LogP contribution in [-0.2, 0) is 4.79 Å². The predicted molar refractivity (Wildman–Crippen MR) is 99.2 cm³/mol. The van der Waals surface area contributed by atoms with E-state index in [0.717, 1.165) is 37.5 Å². The van der Waals surface area contributed by atoms with Crippen LogP contribution in [0, 0.1) is 11.3 Å². The van der Waals surface area contributed by atoms with Crippen LogP contribution in [0.1, 0.15) is 37.7 Å². The lowest BCUT2D eigenvalue weighted by molar-refractivity contribution is -0.117. The Morgan fingerprint density at radius 3 is 2.63 bits per heavy atom. The van der Waals surface area contributed by atoms with Gasteiger partial charge in [-0.05, 0) is 35.8 Å². The molecule has 6 heteroatoms. The highest BCUT2D eigenvalue weighted by atomic mass is 19.3. The number of hydrogen-bond donors (Lipinski definition) is 1. The average molecular weight is 370 g/mol. The zero-order valence-electron chi connectivity index (χ0n) is 14.8. The topological polar surface area (TPSA) is 62.1 Å². The van der Waals surface area contributed by atoms with E-state index in [2.05, 4.69) is 10.1 Å². The van der Waals surface area contributed by atoms with Gasteiger partial charge in [0.25, 0.3) is 5.91 Å². The van der Waals surface area contributed by atoms with Crippen molar-refractivity contribution < 1.29 is 18.3 Å². The molecule has 0 atom stereocenters. The molecule has 2 aromatic rings. The summed E-state index contributed by atoms with van der Waals surface area (Å²) < 4.78 is 30.2. The van der Waals surface area contributed by atoms with E-state index in [1.54, 1.807) is 18.2 Å². The standard InChI is InChI=1S/C21H20F2N2O2/c22-21(23)27-19-11-10-14-6-4-5-9-17(14)18(19)12-15(13-24)20(26)25-16-7-2-1-3-8-16/h4-6,9-12,16,21H,1-3,7-8H2,(H,25,26)/b15-12+. The van der Waals surface area contributed by atoms with Gasteiger partial charge in [0, 0.05) is 11.6 Å². The first-order valence-electron chi connectivity index (χ1n) is 8.97. The Kier molecular flexibility index (Phi) is 6.02. The monoisotopic (exact) mass is 370 g/mol. The number of nitrogens with zero attached hydrogens (tertiary/aromatic N) is 1. The molecular weight excluding hydrogens is 350 g/mol. The van der Waals surface area contributed by atoms with Crippen molar-refractivity contribution in [3.63, 3.8) is 0 Å². The summed E-state index contributed by atoms with van der Waals surface area (Å²) in [7, 11) is 0. The molecule has 1 amide bonds. The van der Waals surface area contributed by atoms with Crippen LogP contribution in [0.25, 0.3) is 16.8 Å². The number of ether oxygens (including phenoxy) is 1. The maximum Gasteiger partial charge on any atom is 0.387 e. The third kappa shape index (κ3) is 4.62. The van der Waals surface area contributed by atoms with Crippen molar-refractivity contribution in [1.82, 2.24) is 5.32 Å². The molecule has 4 nitrogen and oxygen atoms in total. The first-order valence-corrected chi connectivity index (χ1v) is 8.97. The minimum Gasteiger partial charge on any atom is -0.434 e. The van der Waals surface area contributed by atoms with Gasteiger partial charge in [-0.1, -0.05) is 49.6 Å². The van der Waals surface area contributed by atoms with Crippen molar-refractivity contribution in [2.24, 2.45) is 0 Å². The lowest BCUT2D eigenvalue weighted by Gasteiger charge is -2.22. The number of alkyl halides is 2. The predicted octanol–water partition coefficient (Wildman–Crippen LogP) is 4.80. The first kappa shape index (κ1) is 18.8. The second kappa shape index (κ2) is 8.63. The number of carbonyl (C=O) groups excluding carboxylic acids is 1. The van der Waals surface area contributed by atoms with Gasteiger partial charge in [-0.25, -0.2) is 0 Å². The molecule has 1 aliphatic carbocycles. The van der Waals surface area contributed by atoms with Gasteiger partial charge in [-0.3, -0.25) is 4.79 Å². The summed E-state index contributed by atoms with van der Waals surface area (Å²) in [6, 6.07) is 12.2. The van der Waals surface area contributed by atoms with E-state index in [-0.39, 0.29) is 17.4 Å². The van der Waals surface area contributed by atoms with Gasteiger partial charge in [0.1, 0.15) is 17.4 Å². The highest BCUT2D eigenvalue weighted by molar-refractivity contribution is 6.05. The number of hydrogen-bond acceptors (Lipinski definition) is 3. The van der Waals surface area contributed by atoms with E-state index in [1.807, 2.05) is 18.2 Å². The summed E-state index contributed by atoms with van der Waals surface area (Å²) in [4.78, 5) is 12.5. The summed E-state index contributed by atoms with van der Waals surface area (Å²) >= 11 is 0. The van der Waals surface area contributed by atoms with E-state index >= 15 is 0 Å². The highest BCUT2D eigenvalue weighted by Crippen LogP contribution is 2.31. The largest absolute Gasteiger partial charge is 0.434 e. The van der Waals surface area contributed by atoms with E-state index < -0.39 is 12.5 Å². The van der Waals surface area contributed by atoms with Crippen LogP contribution in [0.4, 0.5) is 8.78 Å². The molecule has 1 aliphatic rings. The van der Waals surface area contributed by atoms with Crippen molar-refractivity contribution >= 4 is 22.8 Å². The molecule has 0 unspecified atom stereocenters. The molecule has 0 radical (unpaired) electrons. The summed E-state index contributed by atoms with van der Waals surface area (Å²) in [6.07, 6.45) is 6.35. The highest BCUT2D eigenvalue weighted by Gasteiger charge is 2.19. The summed E-state index contributed by atoms with van der Waals surface area (Å²) in [6.45, 7) is -3.00. The fraction of sp³-hybridized carbons (Fsp3) is 0.333. The Balaban J connectivity index is 1.97. The number of carbonyl (C=O) groups is 1. The van der Waals surface area contributed by atoms with Crippen molar-refractivity contribution in [2.45, 2.75) is 44.8 Å². The molecule has 27 heavy (non-hydrogen) atoms. The quantitative estimate of drug-likeness (QED) is 0.608. The molecule has 0 spiro atoms. The number of nitrogens with one attached hydrogen (secondary N) is 1. The number of benzene rings is 2. The van der Waals surface area contributed by atoms with Crippen LogP contribution in [0.5, 0.6) is 5.75 Å². The van der Waals surface area contributed by atoms with Crippen molar-refractivity contribution in [2.75, 3.05) is 0 Å². The number of rotatable bonds is 5. The molecule has 1 saturated carbocycles.